The summed E-state index contributed by atoms with van der Waals surface area (Å²) in [6, 6.07) is 0. The highest BCUT2D eigenvalue weighted by molar-refractivity contribution is 5.79. The Morgan fingerprint density at radius 3 is 2.14 bits per heavy atom. The molecule has 0 fully saturated rings. The Balaban J connectivity index is 4.09. The number of nitrogens with one attached hydrogen (secondary N) is 2. The molecule has 0 aliphatic rings. The molecule has 0 spiro atoms. The lowest BCUT2D eigenvalue weighted by Crippen LogP contribution is -2.39. The van der Waals surface area contributed by atoms with Crippen molar-refractivity contribution in [3.63, 3.8) is 0 Å². The predicted octanol–water partition coefficient (Wildman–Crippen LogP) is 3.01. The molecular formula is C15H31F3N4. The van der Waals surface area contributed by atoms with Crippen LogP contribution in [0.25, 0.3) is 0 Å². The number of alkyl halides is 3. The van der Waals surface area contributed by atoms with Crippen LogP contribution in [0.15, 0.2) is 4.99 Å². The van der Waals surface area contributed by atoms with E-state index in [1.165, 1.54) is 0 Å². The second kappa shape index (κ2) is 12.6. The molecule has 0 saturated heterocycles. The summed E-state index contributed by atoms with van der Waals surface area (Å²) in [5.41, 5.74) is 0. The van der Waals surface area contributed by atoms with Gasteiger partial charge in [0, 0.05) is 19.6 Å². The van der Waals surface area contributed by atoms with E-state index in [0.29, 0.717) is 19.0 Å². The van der Waals surface area contributed by atoms with Crippen molar-refractivity contribution in [3.05, 3.63) is 0 Å². The van der Waals surface area contributed by atoms with E-state index in [0.717, 1.165) is 38.9 Å². The van der Waals surface area contributed by atoms with Crippen molar-refractivity contribution in [2.75, 3.05) is 39.3 Å². The molecule has 0 unspecified atom stereocenters. The highest BCUT2D eigenvalue weighted by Crippen LogP contribution is 2.17. The molecule has 22 heavy (non-hydrogen) atoms. The molecule has 0 rings (SSSR count). The molecule has 0 radical (unpaired) electrons. The second-order valence-electron chi connectivity index (χ2n) is 5.25. The molecular weight excluding hydrogens is 293 g/mol. The van der Waals surface area contributed by atoms with Crippen LogP contribution in [-0.2, 0) is 0 Å². The molecule has 0 aromatic rings. The first-order chi connectivity index (χ1) is 10.4. The zero-order valence-corrected chi connectivity index (χ0v) is 14.1. The number of hydrogen-bond acceptors (Lipinski definition) is 2. The molecule has 0 aliphatic heterocycles. The molecule has 0 saturated carbocycles. The lowest BCUT2D eigenvalue weighted by atomic mass is 10.3. The van der Waals surface area contributed by atoms with E-state index in [-0.39, 0.29) is 6.54 Å². The Morgan fingerprint density at radius 1 is 1.00 bits per heavy atom. The zero-order chi connectivity index (χ0) is 16.8. The van der Waals surface area contributed by atoms with Crippen LogP contribution >= 0.6 is 0 Å². The average Bonchev–Trinajstić information content (AvgIpc) is 2.42. The van der Waals surface area contributed by atoms with Crippen molar-refractivity contribution in [2.24, 2.45) is 4.99 Å². The van der Waals surface area contributed by atoms with Crippen LogP contribution < -0.4 is 10.6 Å². The van der Waals surface area contributed by atoms with E-state index < -0.39 is 12.6 Å². The average molecular weight is 324 g/mol. The van der Waals surface area contributed by atoms with Gasteiger partial charge in [0.05, 0.1) is 6.42 Å². The fourth-order valence-corrected chi connectivity index (χ4v) is 2.12. The van der Waals surface area contributed by atoms with Crippen LogP contribution in [0.5, 0.6) is 0 Å². The maximum Gasteiger partial charge on any atom is 0.390 e. The molecule has 0 atom stereocenters. The second-order valence-corrected chi connectivity index (χ2v) is 5.25. The molecule has 0 bridgehead atoms. The summed E-state index contributed by atoms with van der Waals surface area (Å²) in [5.74, 6) is 0.462. The minimum absolute atomic E-state index is 0.146. The summed E-state index contributed by atoms with van der Waals surface area (Å²) in [7, 11) is 0. The summed E-state index contributed by atoms with van der Waals surface area (Å²) in [4.78, 5) is 6.73. The van der Waals surface area contributed by atoms with Gasteiger partial charge >= 0.3 is 6.18 Å². The minimum atomic E-state index is -4.13. The van der Waals surface area contributed by atoms with Crippen LogP contribution in [-0.4, -0.2) is 56.3 Å². The molecule has 2 N–H and O–H groups in total. The third-order valence-electron chi connectivity index (χ3n) is 3.03. The number of rotatable bonds is 11. The maximum atomic E-state index is 12.1. The van der Waals surface area contributed by atoms with Gasteiger partial charge in [-0.2, -0.15) is 13.2 Å². The predicted molar refractivity (Wildman–Crippen MR) is 86.3 cm³/mol. The van der Waals surface area contributed by atoms with Crippen molar-refractivity contribution >= 4 is 5.96 Å². The van der Waals surface area contributed by atoms with Gasteiger partial charge in [0.25, 0.3) is 0 Å². The van der Waals surface area contributed by atoms with Crippen LogP contribution in [0.1, 0.15) is 46.5 Å². The summed E-state index contributed by atoms with van der Waals surface area (Å²) in [6.07, 6.45) is -1.81. The van der Waals surface area contributed by atoms with Gasteiger partial charge in [-0.1, -0.05) is 13.8 Å². The lowest BCUT2D eigenvalue weighted by Gasteiger charge is -2.20. The standard InChI is InChI=1S/C15H31F3N4/c1-4-11-22(12-5-2)13-7-9-20-14(19-6-3)21-10-8-15(16,17)18/h4-13H2,1-3H3,(H2,19,20,21). The van der Waals surface area contributed by atoms with E-state index >= 15 is 0 Å². The van der Waals surface area contributed by atoms with Crippen LogP contribution in [0.4, 0.5) is 13.2 Å². The lowest BCUT2D eigenvalue weighted by molar-refractivity contribution is -0.132. The third kappa shape index (κ3) is 12.7. The summed E-state index contributed by atoms with van der Waals surface area (Å²) >= 11 is 0. The van der Waals surface area contributed by atoms with Gasteiger partial charge in [-0.15, -0.1) is 0 Å². The van der Waals surface area contributed by atoms with Gasteiger partial charge in [0.2, 0.25) is 0 Å². The molecule has 0 heterocycles. The fraction of sp³-hybridized carbons (Fsp3) is 0.933. The molecule has 0 aromatic heterocycles. The van der Waals surface area contributed by atoms with E-state index in [2.05, 4.69) is 34.4 Å². The minimum Gasteiger partial charge on any atom is -0.357 e. The molecule has 132 valence electrons. The van der Waals surface area contributed by atoms with Gasteiger partial charge in [0.1, 0.15) is 0 Å². The molecule has 0 aromatic carbocycles. The molecule has 0 aliphatic carbocycles. The quantitative estimate of drug-likeness (QED) is 0.349. The monoisotopic (exact) mass is 324 g/mol. The van der Waals surface area contributed by atoms with Gasteiger partial charge in [0.15, 0.2) is 5.96 Å². The summed E-state index contributed by atoms with van der Waals surface area (Å²) in [6.45, 7) is 10.5. The Labute approximate surface area is 132 Å². The van der Waals surface area contributed by atoms with Crippen molar-refractivity contribution in [1.29, 1.82) is 0 Å². The molecule has 7 heteroatoms. The number of nitrogens with zero attached hydrogens (tertiary/aromatic N) is 2. The molecule has 0 amide bonds. The number of guanidine groups is 1. The topological polar surface area (TPSA) is 39.7 Å². The normalized spacial score (nSPS) is 12.8. The number of hydrogen-bond donors (Lipinski definition) is 2. The molecule has 4 nitrogen and oxygen atoms in total. The third-order valence-corrected chi connectivity index (χ3v) is 3.03. The van der Waals surface area contributed by atoms with E-state index in [1.807, 2.05) is 6.92 Å². The van der Waals surface area contributed by atoms with Crippen LogP contribution in [0, 0.1) is 0 Å². The van der Waals surface area contributed by atoms with Gasteiger partial charge in [-0.25, -0.2) is 0 Å². The first-order valence-corrected chi connectivity index (χ1v) is 8.24. The van der Waals surface area contributed by atoms with Crippen molar-refractivity contribution in [3.8, 4) is 0 Å². The highest BCUT2D eigenvalue weighted by Gasteiger charge is 2.26. The van der Waals surface area contributed by atoms with Crippen molar-refractivity contribution in [1.82, 2.24) is 15.5 Å². The smallest absolute Gasteiger partial charge is 0.357 e. The van der Waals surface area contributed by atoms with Gasteiger partial charge in [-0.05, 0) is 45.8 Å². The first kappa shape index (κ1) is 21.0. The Morgan fingerprint density at radius 2 is 1.64 bits per heavy atom. The Hall–Kier alpha value is -0.980. The summed E-state index contributed by atoms with van der Waals surface area (Å²) in [5, 5.41) is 5.69. The Bertz CT molecular complexity index is 287. The summed E-state index contributed by atoms with van der Waals surface area (Å²) < 4.78 is 36.4. The Kier molecular flexibility index (Phi) is 12.0. The highest BCUT2D eigenvalue weighted by atomic mass is 19.4. The largest absolute Gasteiger partial charge is 0.390 e. The van der Waals surface area contributed by atoms with E-state index in [9.17, 15) is 13.2 Å². The first-order valence-electron chi connectivity index (χ1n) is 8.24. The number of aliphatic imine (C=N–C) groups is 1. The van der Waals surface area contributed by atoms with Crippen LogP contribution in [0.3, 0.4) is 0 Å². The van der Waals surface area contributed by atoms with Crippen LogP contribution in [0.2, 0.25) is 0 Å². The van der Waals surface area contributed by atoms with E-state index in [4.69, 9.17) is 0 Å². The van der Waals surface area contributed by atoms with E-state index in [1.54, 1.807) is 0 Å². The fourth-order valence-electron chi connectivity index (χ4n) is 2.12. The van der Waals surface area contributed by atoms with Crippen molar-refractivity contribution < 1.29 is 13.2 Å². The zero-order valence-electron chi connectivity index (χ0n) is 14.1. The van der Waals surface area contributed by atoms with Gasteiger partial charge < -0.3 is 15.5 Å². The SMILES string of the molecule is CCCN(CCC)CCCN=C(NCC)NCCC(F)(F)F. The maximum absolute atomic E-state index is 12.1. The number of halogens is 3. The van der Waals surface area contributed by atoms with Crippen molar-refractivity contribution in [2.45, 2.75) is 52.6 Å². The van der Waals surface area contributed by atoms with Gasteiger partial charge in [-0.3, -0.25) is 4.99 Å².